The molecule has 1 aliphatic heterocycles. The number of nitrogens with zero attached hydrogens (tertiary/aromatic N) is 2. The van der Waals surface area contributed by atoms with Gasteiger partial charge in [-0.3, -0.25) is 9.10 Å². The first-order valence-corrected chi connectivity index (χ1v) is 11.2. The second-order valence-electron chi connectivity index (χ2n) is 6.89. The van der Waals surface area contributed by atoms with Gasteiger partial charge in [0.15, 0.2) is 15.8 Å². The minimum Gasteiger partial charge on any atom is -0.370 e. The van der Waals surface area contributed by atoms with Gasteiger partial charge in [0.25, 0.3) is 5.91 Å². The SMILES string of the molecule is Cc1cc(N2C(C)(C)CCS2(=O)=O)c(S(C)(=O)=O)cc1C(=O)N=C(N)N.Cl. The van der Waals surface area contributed by atoms with E-state index in [1.807, 2.05) is 0 Å². The first-order valence-electron chi connectivity index (χ1n) is 7.68. The summed E-state index contributed by atoms with van der Waals surface area (Å²) < 4.78 is 50.9. The molecule has 0 atom stereocenters. The normalized spacial score (nSPS) is 17.9. The highest BCUT2D eigenvalue weighted by atomic mass is 35.5. The van der Waals surface area contributed by atoms with E-state index in [1.165, 1.54) is 6.07 Å². The van der Waals surface area contributed by atoms with Gasteiger partial charge >= 0.3 is 0 Å². The molecule has 0 aromatic heterocycles. The summed E-state index contributed by atoms with van der Waals surface area (Å²) in [6.07, 6.45) is 1.30. The summed E-state index contributed by atoms with van der Waals surface area (Å²) in [7, 11) is -7.52. The lowest BCUT2D eigenvalue weighted by molar-refractivity contribution is 0.100. The Balaban J connectivity index is 0.00000364. The molecule has 0 bridgehead atoms. The summed E-state index contributed by atoms with van der Waals surface area (Å²) in [4.78, 5) is 15.3. The highest BCUT2D eigenvalue weighted by Crippen LogP contribution is 2.40. The number of benzene rings is 1. The van der Waals surface area contributed by atoms with E-state index in [0.29, 0.717) is 12.0 Å². The summed E-state index contributed by atoms with van der Waals surface area (Å²) >= 11 is 0. The molecule has 0 saturated carbocycles. The van der Waals surface area contributed by atoms with Crippen LogP contribution in [0.15, 0.2) is 22.0 Å². The number of anilines is 1. The molecular weight excluding hydrogens is 416 g/mol. The number of sulfone groups is 1. The van der Waals surface area contributed by atoms with E-state index < -0.39 is 37.3 Å². The van der Waals surface area contributed by atoms with Crippen LogP contribution in [0.2, 0.25) is 0 Å². The molecule has 9 nitrogen and oxygen atoms in total. The number of hydrogen-bond donors (Lipinski definition) is 2. The van der Waals surface area contributed by atoms with Gasteiger partial charge in [-0.05, 0) is 44.9 Å². The van der Waals surface area contributed by atoms with Gasteiger partial charge < -0.3 is 11.5 Å². The Hall–Kier alpha value is -1.85. The lowest BCUT2D eigenvalue weighted by Crippen LogP contribution is -2.41. The highest BCUT2D eigenvalue weighted by Gasteiger charge is 2.45. The number of carbonyl (C=O) groups excluding carboxylic acids is 1. The van der Waals surface area contributed by atoms with E-state index in [9.17, 15) is 21.6 Å². The fraction of sp³-hybridized carbons (Fsp3) is 0.467. The molecule has 27 heavy (non-hydrogen) atoms. The van der Waals surface area contributed by atoms with Crippen LogP contribution in [-0.2, 0) is 19.9 Å². The number of carbonyl (C=O) groups is 1. The Morgan fingerprint density at radius 1 is 1.26 bits per heavy atom. The number of aliphatic imine (C=N–C) groups is 1. The Morgan fingerprint density at radius 3 is 2.22 bits per heavy atom. The molecule has 0 unspecified atom stereocenters. The minimum absolute atomic E-state index is 0. The van der Waals surface area contributed by atoms with Crippen molar-refractivity contribution in [3.05, 3.63) is 23.3 Å². The summed E-state index contributed by atoms with van der Waals surface area (Å²) in [6, 6.07) is 2.50. The van der Waals surface area contributed by atoms with Crippen LogP contribution in [0, 0.1) is 6.92 Å². The van der Waals surface area contributed by atoms with Crippen molar-refractivity contribution in [2.75, 3.05) is 16.3 Å². The topological polar surface area (TPSA) is 153 Å². The second-order valence-corrected chi connectivity index (χ2v) is 10.8. The first-order chi connectivity index (χ1) is 11.7. The van der Waals surface area contributed by atoms with E-state index in [4.69, 9.17) is 11.5 Å². The number of halogens is 1. The quantitative estimate of drug-likeness (QED) is 0.516. The molecule has 1 fully saturated rings. The maximum absolute atomic E-state index is 12.5. The largest absolute Gasteiger partial charge is 0.370 e. The van der Waals surface area contributed by atoms with Gasteiger partial charge in [-0.2, -0.15) is 4.99 Å². The second kappa shape index (κ2) is 7.28. The number of nitrogens with two attached hydrogens (primary N) is 2. The van der Waals surface area contributed by atoms with Crippen LogP contribution in [0.1, 0.15) is 36.2 Å². The van der Waals surface area contributed by atoms with Crippen LogP contribution in [0.4, 0.5) is 5.69 Å². The zero-order chi connectivity index (χ0) is 20.1. The molecule has 1 heterocycles. The van der Waals surface area contributed by atoms with Crippen molar-refractivity contribution in [3.63, 3.8) is 0 Å². The van der Waals surface area contributed by atoms with Crippen molar-refractivity contribution in [3.8, 4) is 0 Å². The minimum atomic E-state index is -3.84. The van der Waals surface area contributed by atoms with E-state index >= 15 is 0 Å². The van der Waals surface area contributed by atoms with Gasteiger partial charge in [0.1, 0.15) is 0 Å². The van der Waals surface area contributed by atoms with Crippen molar-refractivity contribution < 1.29 is 21.6 Å². The lowest BCUT2D eigenvalue weighted by atomic mass is 10.0. The number of hydrogen-bond acceptors (Lipinski definition) is 5. The number of aryl methyl sites for hydroxylation is 1. The highest BCUT2D eigenvalue weighted by molar-refractivity contribution is 7.93. The van der Waals surface area contributed by atoms with Crippen LogP contribution >= 0.6 is 12.4 Å². The summed E-state index contributed by atoms with van der Waals surface area (Å²) in [5.74, 6) is -1.35. The molecule has 0 aliphatic carbocycles. The van der Waals surface area contributed by atoms with Crippen molar-refractivity contribution in [2.45, 2.75) is 37.6 Å². The number of guanidine groups is 1. The summed E-state index contributed by atoms with van der Waals surface area (Å²) in [5, 5.41) is 0. The Bertz CT molecular complexity index is 1010. The molecule has 1 saturated heterocycles. The molecule has 12 heteroatoms. The molecular formula is C15H23ClN4O5S2. The fourth-order valence-corrected chi connectivity index (χ4v) is 6.12. The third-order valence-corrected chi connectivity index (χ3v) is 7.28. The zero-order valence-corrected chi connectivity index (χ0v) is 17.8. The molecule has 1 aromatic carbocycles. The van der Waals surface area contributed by atoms with Crippen LogP contribution < -0.4 is 15.8 Å². The maximum atomic E-state index is 12.5. The molecule has 1 aliphatic rings. The Labute approximate surface area is 165 Å². The molecule has 152 valence electrons. The van der Waals surface area contributed by atoms with Crippen molar-refractivity contribution in [1.82, 2.24) is 0 Å². The third kappa shape index (κ3) is 4.53. The van der Waals surface area contributed by atoms with E-state index in [-0.39, 0.29) is 34.3 Å². The Morgan fingerprint density at radius 2 is 1.81 bits per heavy atom. The average Bonchev–Trinajstić information content (AvgIpc) is 2.64. The van der Waals surface area contributed by atoms with Gasteiger partial charge in [0, 0.05) is 11.8 Å². The lowest BCUT2D eigenvalue weighted by Gasteiger charge is -2.33. The molecule has 0 radical (unpaired) electrons. The predicted octanol–water partition coefficient (Wildman–Crippen LogP) is 0.552. The van der Waals surface area contributed by atoms with Crippen LogP contribution in [0.3, 0.4) is 0 Å². The van der Waals surface area contributed by atoms with Crippen LogP contribution in [0.5, 0.6) is 0 Å². The Kier molecular flexibility index (Phi) is 6.26. The third-order valence-electron chi connectivity index (χ3n) is 4.19. The van der Waals surface area contributed by atoms with Crippen LogP contribution in [-0.4, -0.2) is 46.2 Å². The zero-order valence-electron chi connectivity index (χ0n) is 15.4. The van der Waals surface area contributed by atoms with Gasteiger partial charge in [0.05, 0.1) is 21.9 Å². The first kappa shape index (κ1) is 23.2. The molecule has 1 amide bonds. The van der Waals surface area contributed by atoms with Crippen molar-refractivity contribution >= 4 is 49.8 Å². The van der Waals surface area contributed by atoms with E-state index in [1.54, 1.807) is 20.8 Å². The van der Waals surface area contributed by atoms with Gasteiger partial charge in [-0.15, -0.1) is 12.4 Å². The molecule has 1 aromatic rings. The number of rotatable bonds is 3. The monoisotopic (exact) mass is 438 g/mol. The van der Waals surface area contributed by atoms with Crippen molar-refractivity contribution in [2.24, 2.45) is 16.5 Å². The van der Waals surface area contributed by atoms with Crippen molar-refractivity contribution in [1.29, 1.82) is 0 Å². The van der Waals surface area contributed by atoms with Gasteiger partial charge in [0.2, 0.25) is 10.0 Å². The van der Waals surface area contributed by atoms with Gasteiger partial charge in [-0.25, -0.2) is 16.8 Å². The number of sulfonamides is 1. The standard InChI is InChI=1S/C15H22N4O5S2.ClH/c1-9-7-11(19-15(2,3)5-6-26(19,23)24)12(25(4,21)22)8-10(9)13(20)18-14(16)17;/h7-8H,5-6H2,1-4H3,(H4,16,17,18,20);1H. The van der Waals surface area contributed by atoms with Gasteiger partial charge in [-0.1, -0.05) is 0 Å². The van der Waals surface area contributed by atoms with E-state index in [0.717, 1.165) is 16.6 Å². The molecule has 0 spiro atoms. The maximum Gasteiger partial charge on any atom is 0.280 e. The number of amides is 1. The van der Waals surface area contributed by atoms with E-state index in [2.05, 4.69) is 4.99 Å². The average molecular weight is 439 g/mol. The summed E-state index contributed by atoms with van der Waals surface area (Å²) in [5.41, 5.74) is 9.98. The molecule has 4 N–H and O–H groups in total. The molecule has 2 rings (SSSR count). The summed E-state index contributed by atoms with van der Waals surface area (Å²) in [6.45, 7) is 5.00. The fourth-order valence-electron chi connectivity index (χ4n) is 2.96. The van der Waals surface area contributed by atoms with Crippen LogP contribution in [0.25, 0.3) is 0 Å². The predicted molar refractivity (Wildman–Crippen MR) is 107 cm³/mol. The smallest absolute Gasteiger partial charge is 0.280 e.